The Morgan fingerprint density at radius 2 is 1.97 bits per heavy atom. The summed E-state index contributed by atoms with van der Waals surface area (Å²) in [5.41, 5.74) is 3.68. The van der Waals surface area contributed by atoms with Gasteiger partial charge in [-0.3, -0.25) is 0 Å². The molecule has 0 amide bonds. The van der Waals surface area contributed by atoms with E-state index in [2.05, 4.69) is 9.57 Å². The van der Waals surface area contributed by atoms with E-state index in [1.165, 1.54) is 4.31 Å². The van der Waals surface area contributed by atoms with Crippen molar-refractivity contribution in [3.8, 4) is 11.1 Å². The number of nitrogens with one attached hydrogen (secondary N) is 1. The molecule has 0 atom stereocenters. The minimum Gasteiger partial charge on any atom is -0.461 e. The summed E-state index contributed by atoms with van der Waals surface area (Å²) in [7, 11) is -1.64. The fraction of sp³-hybridized carbons (Fsp3) is 0.400. The van der Waals surface area contributed by atoms with Gasteiger partial charge in [0.25, 0.3) is 10.2 Å². The minimum absolute atomic E-state index is 0.246. The Labute approximate surface area is 171 Å². The molecule has 29 heavy (non-hydrogen) atoms. The van der Waals surface area contributed by atoms with Crippen LogP contribution < -0.4 is 4.72 Å². The van der Waals surface area contributed by atoms with Gasteiger partial charge in [-0.2, -0.15) is 12.7 Å². The lowest BCUT2D eigenvalue weighted by atomic mass is 10.0. The van der Waals surface area contributed by atoms with Crippen LogP contribution in [0.5, 0.6) is 0 Å². The normalized spacial score (nSPS) is 15.9. The van der Waals surface area contributed by atoms with Gasteiger partial charge in [0.05, 0.1) is 13.2 Å². The summed E-state index contributed by atoms with van der Waals surface area (Å²) in [6, 6.07) is 7.28. The third kappa shape index (κ3) is 3.92. The highest BCUT2D eigenvalue weighted by atomic mass is 32.2. The first-order chi connectivity index (χ1) is 13.8. The Hall–Kier alpha value is -2.67. The van der Waals surface area contributed by atoms with E-state index in [1.807, 2.05) is 31.2 Å². The summed E-state index contributed by atoms with van der Waals surface area (Å²) in [4.78, 5) is 16.3. The third-order valence-electron chi connectivity index (χ3n) is 4.99. The van der Waals surface area contributed by atoms with Crippen LogP contribution in [0.3, 0.4) is 0 Å². The lowest BCUT2D eigenvalue weighted by molar-refractivity contribution is 0.0516. The maximum atomic E-state index is 12.6. The van der Waals surface area contributed by atoms with E-state index in [0.29, 0.717) is 36.5 Å². The maximum Gasteiger partial charge on any atom is 0.354 e. The lowest BCUT2D eigenvalue weighted by Gasteiger charge is -2.14. The molecule has 0 bridgehead atoms. The second-order valence-electron chi connectivity index (χ2n) is 6.69. The van der Waals surface area contributed by atoms with Crippen molar-refractivity contribution < 1.29 is 17.9 Å². The number of carbonyl (C=O) groups excluding carboxylic acids is 1. The predicted molar refractivity (Wildman–Crippen MR) is 110 cm³/mol. The van der Waals surface area contributed by atoms with Gasteiger partial charge in [-0.25, -0.2) is 14.4 Å². The van der Waals surface area contributed by atoms with Gasteiger partial charge in [-0.05, 0) is 24.5 Å². The molecular weight excluding hydrogens is 392 g/mol. The van der Waals surface area contributed by atoms with Crippen molar-refractivity contribution in [3.63, 3.8) is 0 Å². The van der Waals surface area contributed by atoms with Crippen molar-refractivity contribution in [2.45, 2.75) is 26.8 Å². The molecule has 1 aromatic carbocycles. The zero-order valence-electron chi connectivity index (χ0n) is 16.7. The van der Waals surface area contributed by atoms with Crippen LogP contribution >= 0.6 is 0 Å². The molecule has 2 heterocycles. The largest absolute Gasteiger partial charge is 0.461 e. The average Bonchev–Trinajstić information content (AvgIpc) is 3.17. The van der Waals surface area contributed by atoms with E-state index in [0.717, 1.165) is 16.8 Å². The minimum atomic E-state index is -3.41. The second kappa shape index (κ2) is 8.37. The quantitative estimate of drug-likeness (QED) is 0.580. The van der Waals surface area contributed by atoms with Crippen LogP contribution in [0, 0.1) is 6.57 Å². The van der Waals surface area contributed by atoms with Crippen LogP contribution in [0.15, 0.2) is 24.3 Å². The van der Waals surface area contributed by atoms with E-state index >= 15 is 0 Å². The van der Waals surface area contributed by atoms with Gasteiger partial charge in [0.15, 0.2) is 0 Å². The Kier molecular flexibility index (Phi) is 6.07. The second-order valence-corrected chi connectivity index (χ2v) is 8.45. The van der Waals surface area contributed by atoms with Crippen molar-refractivity contribution in [2.75, 3.05) is 19.7 Å². The number of benzene rings is 1. The molecule has 1 N–H and O–H groups in total. The molecule has 154 valence electrons. The topological polar surface area (TPSA) is 85.0 Å². The molecule has 1 aliphatic heterocycles. The van der Waals surface area contributed by atoms with Crippen molar-refractivity contribution >= 4 is 21.9 Å². The molecule has 2 aromatic rings. The Morgan fingerprint density at radius 3 is 2.48 bits per heavy atom. The number of carbonyl (C=O) groups is 1. The number of ether oxygens (including phenoxy) is 1. The fourth-order valence-corrected chi connectivity index (χ4v) is 4.79. The van der Waals surface area contributed by atoms with Gasteiger partial charge in [0.2, 0.25) is 5.69 Å². The fourth-order valence-electron chi connectivity index (χ4n) is 3.61. The molecule has 1 aliphatic rings. The highest BCUT2D eigenvalue weighted by molar-refractivity contribution is 7.87. The zero-order valence-corrected chi connectivity index (χ0v) is 17.5. The maximum absolute atomic E-state index is 12.6. The van der Waals surface area contributed by atoms with Crippen LogP contribution in [-0.4, -0.2) is 43.0 Å². The van der Waals surface area contributed by atoms with Crippen LogP contribution in [0.2, 0.25) is 0 Å². The SMILES string of the molecule is [C-]#[N+]c1c(-c2ccc(CN3CCNS3(=O)=O)cc2)c(C(=O)OCC)n(C)c1CC. The van der Waals surface area contributed by atoms with Crippen molar-refractivity contribution in [3.05, 3.63) is 52.6 Å². The molecule has 1 saturated heterocycles. The van der Waals surface area contributed by atoms with Gasteiger partial charge < -0.3 is 9.30 Å². The number of nitrogens with zero attached hydrogens (tertiary/aromatic N) is 3. The third-order valence-corrected chi connectivity index (χ3v) is 6.55. The Balaban J connectivity index is 2.02. The van der Waals surface area contributed by atoms with Crippen molar-refractivity contribution in [1.29, 1.82) is 0 Å². The van der Waals surface area contributed by atoms with Crippen molar-refractivity contribution in [1.82, 2.24) is 13.6 Å². The molecule has 1 aromatic heterocycles. The summed E-state index contributed by atoms with van der Waals surface area (Å²) in [5, 5.41) is 0. The molecule has 0 saturated carbocycles. The molecular formula is C20H24N4O4S. The molecule has 0 unspecified atom stereocenters. The molecule has 0 aliphatic carbocycles. The lowest BCUT2D eigenvalue weighted by Crippen LogP contribution is -2.28. The smallest absolute Gasteiger partial charge is 0.354 e. The van der Waals surface area contributed by atoms with Crippen LogP contribution in [0.25, 0.3) is 16.0 Å². The number of hydrogen-bond acceptors (Lipinski definition) is 4. The highest BCUT2D eigenvalue weighted by Crippen LogP contribution is 2.39. The van der Waals surface area contributed by atoms with Crippen LogP contribution in [0.1, 0.15) is 35.6 Å². The average molecular weight is 417 g/mol. The van der Waals surface area contributed by atoms with Gasteiger partial charge in [-0.1, -0.05) is 31.2 Å². The summed E-state index contributed by atoms with van der Waals surface area (Å²) >= 11 is 0. The molecule has 0 spiro atoms. The van der Waals surface area contributed by atoms with E-state index in [-0.39, 0.29) is 13.2 Å². The Morgan fingerprint density at radius 1 is 1.28 bits per heavy atom. The van der Waals surface area contributed by atoms with Gasteiger partial charge >= 0.3 is 5.97 Å². The number of esters is 1. The number of hydrogen-bond donors (Lipinski definition) is 1. The summed E-state index contributed by atoms with van der Waals surface area (Å²) in [5.74, 6) is -0.465. The first kappa shape index (κ1) is 21.0. The molecule has 8 nitrogen and oxygen atoms in total. The number of aromatic nitrogens is 1. The van der Waals surface area contributed by atoms with Gasteiger partial charge in [0.1, 0.15) is 5.69 Å². The summed E-state index contributed by atoms with van der Waals surface area (Å²) < 4.78 is 34.7. The zero-order chi connectivity index (χ0) is 21.2. The first-order valence-electron chi connectivity index (χ1n) is 9.44. The van der Waals surface area contributed by atoms with Crippen LogP contribution in [-0.2, 0) is 35.0 Å². The summed E-state index contributed by atoms with van der Waals surface area (Å²) in [6.07, 6.45) is 0.610. The predicted octanol–water partition coefficient (Wildman–Crippen LogP) is 2.63. The molecule has 3 rings (SSSR count). The van der Waals surface area contributed by atoms with E-state index in [4.69, 9.17) is 11.3 Å². The van der Waals surface area contributed by atoms with E-state index < -0.39 is 16.2 Å². The van der Waals surface area contributed by atoms with Crippen LogP contribution in [0.4, 0.5) is 5.69 Å². The standard InChI is InChI=1S/C20H24N4O4S/c1-5-16-18(21-3)17(19(23(16)4)20(25)28-6-2)15-9-7-14(8-10-15)13-24-12-11-22-29(24,26)27/h7-10,22H,5-6,11-13H2,1-2,4H3. The first-order valence-corrected chi connectivity index (χ1v) is 10.9. The monoisotopic (exact) mass is 416 g/mol. The van der Waals surface area contributed by atoms with Gasteiger partial charge in [0, 0.05) is 37.9 Å². The van der Waals surface area contributed by atoms with Gasteiger partial charge in [-0.15, -0.1) is 0 Å². The number of rotatable bonds is 6. The molecule has 9 heteroatoms. The Bertz CT molecular complexity index is 1070. The molecule has 1 fully saturated rings. The summed E-state index contributed by atoms with van der Waals surface area (Å²) in [6.45, 7) is 12.7. The van der Waals surface area contributed by atoms with Crippen molar-refractivity contribution in [2.24, 2.45) is 7.05 Å². The van der Waals surface area contributed by atoms with E-state index in [9.17, 15) is 13.2 Å². The highest BCUT2D eigenvalue weighted by Gasteiger charge is 2.28. The van der Waals surface area contributed by atoms with E-state index in [1.54, 1.807) is 18.5 Å². The molecule has 0 radical (unpaired) electrons.